The van der Waals surface area contributed by atoms with Crippen molar-refractivity contribution in [2.75, 3.05) is 23.9 Å². The Morgan fingerprint density at radius 3 is 1.36 bits per heavy atom. The summed E-state index contributed by atoms with van der Waals surface area (Å²) in [5.41, 5.74) is 12.5. The van der Waals surface area contributed by atoms with Crippen LogP contribution < -0.4 is 20.9 Å². The molecule has 452 valence electrons. The zero-order valence-electron chi connectivity index (χ0n) is 48.6. The van der Waals surface area contributed by atoms with Crippen LogP contribution in [0.15, 0.2) is 146 Å². The van der Waals surface area contributed by atoms with Crippen LogP contribution in [0.2, 0.25) is 0 Å². The van der Waals surface area contributed by atoms with Crippen molar-refractivity contribution in [3.8, 4) is 34.4 Å². The Bertz CT molecular complexity index is 4230. The van der Waals surface area contributed by atoms with E-state index >= 15 is 0 Å². The number of fused-ring (bicyclic) bond motifs is 6. The number of imide groups is 2. The van der Waals surface area contributed by atoms with Gasteiger partial charge in [-0.25, -0.2) is 14.8 Å². The van der Waals surface area contributed by atoms with Crippen LogP contribution in [0, 0.1) is 22.7 Å². The van der Waals surface area contributed by atoms with Gasteiger partial charge in [0.15, 0.2) is 0 Å². The molecule has 4 aromatic carbocycles. The number of rotatable bonds is 9. The van der Waals surface area contributed by atoms with Crippen LogP contribution >= 0.6 is 0 Å². The quantitative estimate of drug-likeness (QED) is 0.118. The molecule has 0 radical (unpaired) electrons. The number of aliphatic hydroxyl groups is 1. The Morgan fingerprint density at radius 1 is 0.567 bits per heavy atom. The average molecular weight is 1210 g/mol. The number of benzene rings is 4. The van der Waals surface area contributed by atoms with Gasteiger partial charge in [-0.15, -0.1) is 0 Å². The van der Waals surface area contributed by atoms with E-state index in [0.717, 1.165) is 77.7 Å². The van der Waals surface area contributed by atoms with Gasteiger partial charge in [0.1, 0.15) is 29.6 Å². The third kappa shape index (κ3) is 11.1. The zero-order valence-corrected chi connectivity index (χ0v) is 48.6. The highest BCUT2D eigenvalue weighted by Gasteiger charge is 2.60. The molecule has 6 aliphatic rings. The van der Waals surface area contributed by atoms with E-state index in [-0.39, 0.29) is 60.3 Å². The molecule has 8 heterocycles. The van der Waals surface area contributed by atoms with Gasteiger partial charge < -0.3 is 30.7 Å². The molecule has 0 unspecified atom stereocenters. The summed E-state index contributed by atoms with van der Waals surface area (Å²) in [5.74, 6) is -2.73. The number of anilines is 2. The first-order valence-electron chi connectivity index (χ1n) is 28.7. The predicted octanol–water partition coefficient (Wildman–Crippen LogP) is 7.42. The fourth-order valence-corrected chi connectivity index (χ4v) is 12.3. The predicted molar refractivity (Wildman–Crippen MR) is 322 cm³/mol. The van der Waals surface area contributed by atoms with Gasteiger partial charge in [0.05, 0.1) is 41.4 Å². The number of hydroxylamine groups is 4. The number of nitrogens with zero attached hydrogens (tertiary/aromatic N) is 10. The summed E-state index contributed by atoms with van der Waals surface area (Å²) in [6, 6.07) is 42.9. The van der Waals surface area contributed by atoms with Gasteiger partial charge >= 0.3 is 12.2 Å². The normalized spacial score (nSPS) is 19.9. The molecule has 2 saturated heterocycles. The number of aliphatic hydroxyl groups excluding tert-OH is 1. The molecule has 2 saturated carbocycles. The number of pyridine rings is 4. The summed E-state index contributed by atoms with van der Waals surface area (Å²) in [6.07, 6.45) is 5.86. The van der Waals surface area contributed by atoms with Crippen LogP contribution in [-0.4, -0.2) is 109 Å². The topological polar surface area (TPSA) is 335 Å². The fraction of sp³-hybridized carbons (Fsp3) is 0.242. The summed E-state index contributed by atoms with van der Waals surface area (Å²) in [4.78, 5) is 125. The van der Waals surface area contributed by atoms with E-state index in [9.17, 15) is 48.7 Å². The lowest BCUT2D eigenvalue weighted by Crippen LogP contribution is -2.53. The molecule has 0 atom stereocenters. The minimum absolute atomic E-state index is 0.00989. The maximum absolute atomic E-state index is 14.0. The summed E-state index contributed by atoms with van der Waals surface area (Å²) in [6.45, 7) is 0.590. The largest absolute Gasteiger partial charge is 0.560 e. The van der Waals surface area contributed by atoms with E-state index in [4.69, 9.17) is 20.0 Å². The van der Waals surface area contributed by atoms with Gasteiger partial charge in [0.25, 0.3) is 23.6 Å². The van der Waals surface area contributed by atoms with Crippen molar-refractivity contribution in [1.82, 2.24) is 35.4 Å². The number of hydrogen-bond donors (Lipinski definition) is 3. The van der Waals surface area contributed by atoms with E-state index in [1.54, 1.807) is 34.3 Å². The number of aromatic nitrogens is 4. The Balaban J connectivity index is 0.000000145. The van der Waals surface area contributed by atoms with E-state index in [1.165, 1.54) is 14.1 Å². The van der Waals surface area contributed by atoms with E-state index in [2.05, 4.69) is 42.8 Å². The highest BCUT2D eigenvalue weighted by atomic mass is 16.9. The van der Waals surface area contributed by atoms with E-state index < -0.39 is 52.8 Å². The summed E-state index contributed by atoms with van der Waals surface area (Å²) < 4.78 is 5.42. The molecule has 8 aromatic rings. The second-order valence-corrected chi connectivity index (χ2v) is 21.7. The lowest BCUT2D eigenvalue weighted by atomic mass is 9.63. The number of ether oxygens (including phenoxy) is 1. The van der Waals surface area contributed by atoms with Crippen LogP contribution in [0.3, 0.4) is 0 Å². The number of nitrogens with one attached hydrogen (secondary N) is 1. The first-order chi connectivity index (χ1) is 43.6. The number of carbonyl (C=O) groups excluding carboxylic acids is 8. The number of para-hydroxylation sites is 2. The SMILES string of the molecule is CN.CNC(=O)OC1CC2(C1)C(=O)N(Cc1ncc3ccccc3c1-c1ccc(C#N)nc1)c1ccccc12.N#Cc1ccc(-c2c(CN3C(=O)C4(CC(O)C4)c4ccccc43)ncc3ccccc23)cn1.O=C(ON1C(=O)CCC1=O)ON1C(=O)CCC1=O. The molecule has 24 nitrogen and oxygen atoms in total. The Kier molecular flexibility index (Phi) is 16.9. The van der Waals surface area contributed by atoms with Crippen LogP contribution in [0.25, 0.3) is 43.8 Å². The number of carbonyl (C=O) groups is 8. The minimum atomic E-state index is -1.48. The average Bonchev–Trinajstić information content (AvgIpc) is 1.57. The van der Waals surface area contributed by atoms with Crippen molar-refractivity contribution in [2.24, 2.45) is 5.73 Å². The maximum Gasteiger partial charge on any atom is 0.560 e. The Hall–Kier alpha value is -11.3. The van der Waals surface area contributed by atoms with Gasteiger partial charge in [0.2, 0.25) is 11.8 Å². The van der Waals surface area contributed by atoms with Crippen molar-refractivity contribution in [3.05, 3.63) is 180 Å². The summed E-state index contributed by atoms with van der Waals surface area (Å²) in [7, 11) is 3.02. The zero-order chi connectivity index (χ0) is 63.4. The Labute approximate surface area is 513 Å². The van der Waals surface area contributed by atoms with Crippen molar-refractivity contribution in [3.63, 3.8) is 0 Å². The van der Waals surface area contributed by atoms with Crippen LogP contribution in [0.5, 0.6) is 0 Å². The number of amides is 7. The molecule has 4 aromatic heterocycles. The molecule has 0 bridgehead atoms. The van der Waals surface area contributed by atoms with Crippen LogP contribution in [0.4, 0.5) is 21.0 Å². The first-order valence-corrected chi connectivity index (χ1v) is 28.7. The highest BCUT2D eigenvalue weighted by Crippen LogP contribution is 2.56. The van der Waals surface area contributed by atoms with Crippen LogP contribution in [0.1, 0.15) is 85.3 Å². The van der Waals surface area contributed by atoms with Crippen molar-refractivity contribution < 1.29 is 57.9 Å². The van der Waals surface area contributed by atoms with Gasteiger partial charge in [0, 0.05) is 115 Å². The summed E-state index contributed by atoms with van der Waals surface area (Å²) >= 11 is 0. The summed E-state index contributed by atoms with van der Waals surface area (Å²) in [5, 5.41) is 35.3. The van der Waals surface area contributed by atoms with Gasteiger partial charge in [-0.3, -0.25) is 48.4 Å². The molecule has 14 rings (SSSR count). The first kappa shape index (κ1) is 60.4. The molecular weight excluding hydrogens is 1150 g/mol. The molecule has 4 aliphatic heterocycles. The maximum atomic E-state index is 14.0. The second-order valence-electron chi connectivity index (χ2n) is 21.7. The fourth-order valence-electron chi connectivity index (χ4n) is 12.3. The number of nitrogens with two attached hydrogens (primary N) is 1. The van der Waals surface area contributed by atoms with Gasteiger partial charge in [-0.05, 0) is 78.2 Å². The molecule has 2 spiro atoms. The third-order valence-corrected chi connectivity index (χ3v) is 16.6. The number of hydrogen-bond acceptors (Lipinski definition) is 19. The molecule has 24 heteroatoms. The smallest absolute Gasteiger partial charge is 0.446 e. The minimum Gasteiger partial charge on any atom is -0.446 e. The lowest BCUT2D eigenvalue weighted by Gasteiger charge is -2.43. The molecular formula is C66H56N12O12. The molecule has 4 N–H and O–H groups in total. The standard InChI is InChI=1S/C29H23N5O3.C27H20N4O2.C9H8N2O7.CH5N/c1-31-28(36)37-21-12-29(13-21)23-8-4-5-9-25(23)34(27(29)35)17-24-26(19-10-11-20(14-30)32-16-19)22-7-3-2-6-18(22)15-33-24;28-13-19-10-9-18(15-29-19)25-21-6-2-1-5-17(21)14-30-23(25)16-31-24-8-4-3-7-22(24)27(26(31)33)11-20(32)12-27;12-5-1-2-6(13)10(5)17-9(16)18-11-7(14)3-4-8(11)15;1-2/h2-11,15-16,21H,12-13,17H2,1H3,(H,31,36);1-10,14-15,20,32H,11-12,16H2;1-4H2;2H2,1H3. The molecule has 7 amide bonds. The van der Waals surface area contributed by atoms with Crippen LogP contribution in [-0.2, 0) is 67.1 Å². The van der Waals surface area contributed by atoms with Crippen molar-refractivity contribution in [1.29, 1.82) is 10.5 Å². The van der Waals surface area contributed by atoms with Gasteiger partial charge in [-0.2, -0.15) is 15.3 Å². The van der Waals surface area contributed by atoms with Crippen molar-refractivity contribution in [2.45, 2.75) is 87.5 Å². The Morgan fingerprint density at radius 2 is 0.967 bits per heavy atom. The monoisotopic (exact) mass is 1210 g/mol. The highest BCUT2D eigenvalue weighted by molar-refractivity contribution is 6.11. The van der Waals surface area contributed by atoms with Crippen molar-refractivity contribution >= 4 is 80.6 Å². The van der Waals surface area contributed by atoms with E-state index in [1.807, 2.05) is 122 Å². The lowest BCUT2D eigenvalue weighted by molar-refractivity contribution is -0.198. The van der Waals surface area contributed by atoms with Gasteiger partial charge in [-0.1, -0.05) is 95.1 Å². The second kappa shape index (κ2) is 25.2. The molecule has 2 aliphatic carbocycles. The molecule has 4 fully saturated rings. The number of alkyl carbamates (subject to hydrolysis) is 1. The number of nitriles is 2. The molecule has 90 heavy (non-hydrogen) atoms. The third-order valence-electron chi connectivity index (χ3n) is 16.6. The van der Waals surface area contributed by atoms with E-state index in [0.29, 0.717) is 43.6 Å².